The predicted molar refractivity (Wildman–Crippen MR) is 121 cm³/mol. The number of hydrogen-bond donors (Lipinski definition) is 3. The number of hydrogen-bond acceptors (Lipinski definition) is 7. The maximum absolute atomic E-state index is 13.9. The summed E-state index contributed by atoms with van der Waals surface area (Å²) in [5.74, 6) is -0.345. The van der Waals surface area contributed by atoms with Crippen LogP contribution < -0.4 is 15.4 Å². The van der Waals surface area contributed by atoms with Crippen molar-refractivity contribution in [3.05, 3.63) is 90.4 Å². The van der Waals surface area contributed by atoms with Gasteiger partial charge in [0.2, 0.25) is 0 Å². The van der Waals surface area contributed by atoms with Crippen LogP contribution in [-0.4, -0.2) is 23.4 Å². The van der Waals surface area contributed by atoms with Crippen LogP contribution in [-0.2, 0) is 10.0 Å². The van der Waals surface area contributed by atoms with Gasteiger partial charge < -0.3 is 10.6 Å². The lowest BCUT2D eigenvalue weighted by Crippen LogP contribution is -2.14. The summed E-state index contributed by atoms with van der Waals surface area (Å²) in [7, 11) is -4.22. The molecule has 2 aromatic heterocycles. The molecule has 0 aliphatic rings. The normalized spacial score (nSPS) is 11.1. The minimum absolute atomic E-state index is 0.208. The van der Waals surface area contributed by atoms with Crippen molar-refractivity contribution in [1.29, 1.82) is 0 Å². The molecule has 3 N–H and O–H groups in total. The SMILES string of the molecule is Cc1ccnc(Nc2cc(Nc3ccc(NS(=O)(=O)c4ccc(F)cc4F)cc3)ncn2)c1. The van der Waals surface area contributed by atoms with E-state index in [4.69, 9.17) is 0 Å². The molecule has 168 valence electrons. The lowest BCUT2D eigenvalue weighted by molar-refractivity contribution is 0.551. The lowest BCUT2D eigenvalue weighted by Gasteiger charge is -2.11. The number of halogens is 2. The summed E-state index contributed by atoms with van der Waals surface area (Å²) in [6, 6.07) is 14.0. The molecule has 0 saturated carbocycles. The van der Waals surface area contributed by atoms with Gasteiger partial charge >= 0.3 is 0 Å². The van der Waals surface area contributed by atoms with Gasteiger partial charge in [-0.1, -0.05) is 0 Å². The molecular weight excluding hydrogens is 450 g/mol. The zero-order valence-electron chi connectivity index (χ0n) is 17.3. The molecule has 33 heavy (non-hydrogen) atoms. The standard InChI is InChI=1S/C22H18F2N6O2S/c1-14-8-9-25-20(10-14)29-22-12-21(26-13-27-22)28-16-3-5-17(6-4-16)30-33(31,32)19-7-2-15(23)11-18(19)24/h2-13,30H,1H3,(H2,25,26,27,28,29). The molecule has 0 spiro atoms. The van der Waals surface area contributed by atoms with Crippen molar-refractivity contribution in [2.45, 2.75) is 11.8 Å². The highest BCUT2D eigenvalue weighted by Crippen LogP contribution is 2.23. The number of anilines is 5. The summed E-state index contributed by atoms with van der Waals surface area (Å²) < 4.78 is 54.0. The Morgan fingerprint density at radius 1 is 0.758 bits per heavy atom. The number of nitrogens with one attached hydrogen (secondary N) is 3. The Bertz CT molecular complexity index is 1400. The summed E-state index contributed by atoms with van der Waals surface area (Å²) in [4.78, 5) is 11.9. The van der Waals surface area contributed by atoms with Gasteiger partial charge in [-0.2, -0.15) is 0 Å². The van der Waals surface area contributed by atoms with E-state index in [1.807, 2.05) is 19.1 Å². The van der Waals surface area contributed by atoms with Crippen LogP contribution in [0.3, 0.4) is 0 Å². The molecule has 2 aromatic carbocycles. The smallest absolute Gasteiger partial charge is 0.264 e. The number of pyridine rings is 1. The molecule has 0 fully saturated rings. The second kappa shape index (κ2) is 9.17. The van der Waals surface area contributed by atoms with Gasteiger partial charge in [-0.15, -0.1) is 0 Å². The number of aromatic nitrogens is 3. The maximum atomic E-state index is 13.9. The second-order valence-corrected chi connectivity index (χ2v) is 8.67. The molecule has 0 aliphatic carbocycles. The van der Waals surface area contributed by atoms with Crippen molar-refractivity contribution in [2.24, 2.45) is 0 Å². The number of rotatable bonds is 7. The van der Waals surface area contributed by atoms with Gasteiger partial charge in [0.05, 0.1) is 0 Å². The van der Waals surface area contributed by atoms with Gasteiger partial charge in [0.1, 0.15) is 40.3 Å². The molecular formula is C22H18F2N6O2S. The molecule has 8 nitrogen and oxygen atoms in total. The number of sulfonamides is 1. The highest BCUT2D eigenvalue weighted by molar-refractivity contribution is 7.92. The monoisotopic (exact) mass is 468 g/mol. The zero-order chi connectivity index (χ0) is 23.4. The van der Waals surface area contributed by atoms with Gasteiger partial charge in [-0.3, -0.25) is 4.72 Å². The average molecular weight is 468 g/mol. The van der Waals surface area contributed by atoms with E-state index in [9.17, 15) is 17.2 Å². The van der Waals surface area contributed by atoms with Crippen molar-refractivity contribution < 1.29 is 17.2 Å². The molecule has 0 radical (unpaired) electrons. The average Bonchev–Trinajstić information content (AvgIpc) is 2.75. The molecule has 0 amide bonds. The van der Waals surface area contributed by atoms with Crippen molar-refractivity contribution >= 4 is 38.9 Å². The van der Waals surface area contributed by atoms with E-state index in [1.54, 1.807) is 24.4 Å². The van der Waals surface area contributed by atoms with E-state index in [-0.39, 0.29) is 5.69 Å². The quantitative estimate of drug-likeness (QED) is 0.359. The molecule has 0 unspecified atom stereocenters. The minimum atomic E-state index is -4.22. The van der Waals surface area contributed by atoms with Gasteiger partial charge in [-0.05, 0) is 61.0 Å². The van der Waals surface area contributed by atoms with E-state index in [2.05, 4.69) is 30.3 Å². The summed E-state index contributed by atoms with van der Waals surface area (Å²) in [5, 5.41) is 6.18. The molecule has 4 aromatic rings. The Morgan fingerprint density at radius 2 is 1.42 bits per heavy atom. The highest BCUT2D eigenvalue weighted by atomic mass is 32.2. The molecule has 0 saturated heterocycles. The molecule has 0 bridgehead atoms. The first kappa shape index (κ1) is 22.1. The van der Waals surface area contributed by atoms with Gasteiger partial charge in [-0.25, -0.2) is 32.2 Å². The first-order valence-corrected chi connectivity index (χ1v) is 11.1. The van der Waals surface area contributed by atoms with Gasteiger partial charge in [0.15, 0.2) is 0 Å². The van der Waals surface area contributed by atoms with Crippen LogP contribution in [0.4, 0.5) is 37.6 Å². The van der Waals surface area contributed by atoms with Crippen molar-refractivity contribution in [2.75, 3.05) is 15.4 Å². The lowest BCUT2D eigenvalue weighted by atomic mass is 10.3. The molecule has 0 aliphatic heterocycles. The Morgan fingerprint density at radius 3 is 2.12 bits per heavy atom. The Kier molecular flexibility index (Phi) is 6.13. The Balaban J connectivity index is 1.44. The molecule has 11 heteroatoms. The van der Waals surface area contributed by atoms with Crippen molar-refractivity contribution in [3.8, 4) is 0 Å². The van der Waals surface area contributed by atoms with E-state index in [1.165, 1.54) is 18.5 Å². The first-order valence-electron chi connectivity index (χ1n) is 9.65. The van der Waals surface area contributed by atoms with Gasteiger partial charge in [0.25, 0.3) is 10.0 Å². The van der Waals surface area contributed by atoms with Crippen LogP contribution in [0.1, 0.15) is 5.56 Å². The Labute approximate surface area is 188 Å². The van der Waals surface area contributed by atoms with Crippen LogP contribution >= 0.6 is 0 Å². The van der Waals surface area contributed by atoms with Crippen molar-refractivity contribution in [1.82, 2.24) is 15.0 Å². The van der Waals surface area contributed by atoms with E-state index in [0.717, 1.165) is 17.7 Å². The van der Waals surface area contributed by atoms with Crippen LogP contribution in [0, 0.1) is 18.6 Å². The fourth-order valence-electron chi connectivity index (χ4n) is 2.90. The largest absolute Gasteiger partial charge is 0.340 e. The molecule has 2 heterocycles. The third-order valence-electron chi connectivity index (χ3n) is 4.43. The van der Waals surface area contributed by atoms with Crippen LogP contribution in [0.5, 0.6) is 0 Å². The van der Waals surface area contributed by atoms with E-state index >= 15 is 0 Å². The summed E-state index contributed by atoms with van der Waals surface area (Å²) >= 11 is 0. The second-order valence-electron chi connectivity index (χ2n) is 7.01. The first-order chi connectivity index (χ1) is 15.8. The number of aryl methyl sites for hydroxylation is 1. The summed E-state index contributed by atoms with van der Waals surface area (Å²) in [5.41, 5.74) is 1.89. The topological polar surface area (TPSA) is 109 Å². The van der Waals surface area contributed by atoms with E-state index in [0.29, 0.717) is 29.2 Å². The predicted octanol–water partition coefficient (Wildman–Crippen LogP) is 4.75. The maximum Gasteiger partial charge on any atom is 0.264 e. The van der Waals surface area contributed by atoms with Crippen LogP contribution in [0.25, 0.3) is 0 Å². The third kappa shape index (κ3) is 5.57. The van der Waals surface area contributed by atoms with Gasteiger partial charge in [0, 0.05) is 29.7 Å². The molecule has 4 rings (SSSR count). The third-order valence-corrected chi connectivity index (χ3v) is 5.85. The van der Waals surface area contributed by atoms with Crippen molar-refractivity contribution in [3.63, 3.8) is 0 Å². The number of nitrogens with zero attached hydrogens (tertiary/aromatic N) is 3. The zero-order valence-corrected chi connectivity index (χ0v) is 18.1. The number of benzene rings is 2. The fraction of sp³-hybridized carbons (Fsp3) is 0.0455. The molecule has 0 atom stereocenters. The van der Waals surface area contributed by atoms with Crippen LogP contribution in [0.2, 0.25) is 0 Å². The summed E-state index contributed by atoms with van der Waals surface area (Å²) in [6.45, 7) is 1.96. The van der Waals surface area contributed by atoms with E-state index < -0.39 is 26.6 Å². The summed E-state index contributed by atoms with van der Waals surface area (Å²) in [6.07, 6.45) is 3.08. The fourth-order valence-corrected chi connectivity index (χ4v) is 4.02. The van der Waals surface area contributed by atoms with Crippen LogP contribution in [0.15, 0.2) is 78.1 Å². The highest BCUT2D eigenvalue weighted by Gasteiger charge is 2.19. The minimum Gasteiger partial charge on any atom is -0.340 e. The Hall–Kier alpha value is -4.12.